The minimum atomic E-state index is -0.0376. The van der Waals surface area contributed by atoms with Gasteiger partial charge >= 0.3 is 6.03 Å². The third-order valence-corrected chi connectivity index (χ3v) is 8.53. The summed E-state index contributed by atoms with van der Waals surface area (Å²) in [7, 11) is 0. The quantitative estimate of drug-likeness (QED) is 0.422. The van der Waals surface area contributed by atoms with Crippen molar-refractivity contribution in [3.8, 4) is 11.5 Å². The Hall–Kier alpha value is -3.55. The van der Waals surface area contributed by atoms with Crippen LogP contribution < -0.4 is 14.8 Å². The summed E-state index contributed by atoms with van der Waals surface area (Å²) in [4.78, 5) is 20.2. The maximum Gasteiger partial charge on any atom is 0.321 e. The van der Waals surface area contributed by atoms with Crippen molar-refractivity contribution in [2.45, 2.75) is 32.2 Å². The van der Waals surface area contributed by atoms with Crippen LogP contribution in [-0.2, 0) is 19.4 Å². The van der Waals surface area contributed by atoms with Crippen molar-refractivity contribution in [2.24, 2.45) is 5.92 Å². The number of likely N-dealkylation sites (tertiary alicyclic amines) is 1. The molecule has 0 spiro atoms. The molecule has 0 radical (unpaired) electrons. The average molecular weight is 541 g/mol. The molecule has 2 amide bonds. The summed E-state index contributed by atoms with van der Waals surface area (Å²) in [5, 5.41) is 3.22. The molecule has 210 valence electrons. The molecule has 3 aromatic rings. The van der Waals surface area contributed by atoms with Gasteiger partial charge in [0.05, 0.1) is 5.69 Å². The molecule has 0 atom stereocenters. The van der Waals surface area contributed by atoms with Gasteiger partial charge in [-0.15, -0.1) is 0 Å². The van der Waals surface area contributed by atoms with E-state index in [9.17, 15) is 4.79 Å². The van der Waals surface area contributed by atoms with Crippen molar-refractivity contribution < 1.29 is 14.3 Å². The molecule has 3 aliphatic heterocycles. The molecule has 3 aromatic carbocycles. The number of nitrogens with one attached hydrogen (secondary N) is 1. The van der Waals surface area contributed by atoms with Crippen LogP contribution >= 0.6 is 0 Å². The molecule has 0 unspecified atom stereocenters. The number of nitrogens with zero attached hydrogens (tertiary/aromatic N) is 3. The first kappa shape index (κ1) is 26.7. The molecular formula is C33H40N4O3. The number of piperazine rings is 1. The highest BCUT2D eigenvalue weighted by Gasteiger charge is 2.26. The lowest BCUT2D eigenvalue weighted by molar-refractivity contribution is 0.148. The number of hydrogen-bond acceptors (Lipinski definition) is 5. The zero-order chi connectivity index (χ0) is 27.1. The van der Waals surface area contributed by atoms with Crippen LogP contribution in [0.4, 0.5) is 10.5 Å². The topological polar surface area (TPSA) is 57.3 Å². The van der Waals surface area contributed by atoms with Gasteiger partial charge in [0, 0.05) is 45.3 Å². The Bertz CT molecular complexity index is 1250. The highest BCUT2D eigenvalue weighted by Crippen LogP contribution is 2.38. The van der Waals surface area contributed by atoms with Crippen LogP contribution in [0.25, 0.3) is 0 Å². The molecule has 1 N–H and O–H groups in total. The lowest BCUT2D eigenvalue weighted by Gasteiger charge is -2.35. The Kier molecular flexibility index (Phi) is 8.50. The van der Waals surface area contributed by atoms with Gasteiger partial charge in [0.15, 0.2) is 11.5 Å². The predicted octanol–water partition coefficient (Wildman–Crippen LogP) is 5.26. The number of piperidine rings is 1. The fourth-order valence-electron chi connectivity index (χ4n) is 6.07. The molecule has 0 aliphatic carbocycles. The summed E-state index contributed by atoms with van der Waals surface area (Å²) in [5.74, 6) is 2.19. The van der Waals surface area contributed by atoms with Crippen molar-refractivity contribution >= 4 is 11.7 Å². The van der Waals surface area contributed by atoms with E-state index in [0.717, 1.165) is 88.1 Å². The number of fused-ring (bicyclic) bond motifs is 1. The fraction of sp³-hybridized carbons (Fsp3) is 0.424. The van der Waals surface area contributed by atoms with Gasteiger partial charge in [-0.25, -0.2) is 4.79 Å². The summed E-state index contributed by atoms with van der Waals surface area (Å²) in [6, 6.07) is 25.4. The number of carbonyl (C=O) groups is 1. The zero-order valence-corrected chi connectivity index (χ0v) is 23.3. The number of ether oxygens (including phenoxy) is 2. The average Bonchev–Trinajstić information content (AvgIpc) is 3.46. The Labute approximate surface area is 237 Å². The van der Waals surface area contributed by atoms with E-state index in [1.165, 1.54) is 24.0 Å². The summed E-state index contributed by atoms with van der Waals surface area (Å²) in [6.07, 6.45) is 4.57. The molecule has 0 saturated carbocycles. The molecule has 2 saturated heterocycles. The number of hydrogen-bond donors (Lipinski definition) is 1. The van der Waals surface area contributed by atoms with Gasteiger partial charge in [-0.05, 0) is 67.4 Å². The van der Waals surface area contributed by atoms with E-state index in [1.54, 1.807) is 0 Å². The molecule has 40 heavy (non-hydrogen) atoms. The van der Waals surface area contributed by atoms with Gasteiger partial charge in [-0.2, -0.15) is 0 Å². The highest BCUT2D eigenvalue weighted by atomic mass is 16.7. The normalized spacial score (nSPS) is 18.1. The maximum absolute atomic E-state index is 13.3. The molecule has 7 nitrogen and oxygen atoms in total. The molecule has 0 bridgehead atoms. The monoisotopic (exact) mass is 540 g/mol. The molecule has 3 heterocycles. The van der Waals surface area contributed by atoms with Gasteiger partial charge in [0.1, 0.15) is 0 Å². The Balaban J connectivity index is 1.03. The lowest BCUT2D eigenvalue weighted by Crippen LogP contribution is -2.50. The van der Waals surface area contributed by atoms with Crippen molar-refractivity contribution in [1.29, 1.82) is 0 Å². The molecule has 0 aromatic heterocycles. The van der Waals surface area contributed by atoms with Gasteiger partial charge in [-0.1, -0.05) is 60.7 Å². The maximum atomic E-state index is 13.3. The van der Waals surface area contributed by atoms with E-state index >= 15 is 0 Å². The zero-order valence-electron chi connectivity index (χ0n) is 23.3. The van der Waals surface area contributed by atoms with Crippen LogP contribution in [0.2, 0.25) is 0 Å². The third-order valence-electron chi connectivity index (χ3n) is 8.53. The van der Waals surface area contributed by atoms with E-state index in [4.69, 9.17) is 9.47 Å². The molecular weight excluding hydrogens is 500 g/mol. The van der Waals surface area contributed by atoms with E-state index in [0.29, 0.717) is 5.75 Å². The first-order valence-corrected chi connectivity index (χ1v) is 14.7. The number of benzene rings is 3. The van der Waals surface area contributed by atoms with Gasteiger partial charge in [0.25, 0.3) is 0 Å². The van der Waals surface area contributed by atoms with Crippen molar-refractivity contribution in [1.82, 2.24) is 14.7 Å². The van der Waals surface area contributed by atoms with Crippen LogP contribution in [-0.4, -0.2) is 73.3 Å². The number of anilines is 1. The molecule has 3 aliphatic rings. The standard InChI is InChI=1S/C33H40N4O3/c38-33(37-19-17-35(18-20-37)14-11-26-7-3-1-4-8-26)34-30-23-32-31(39-25-40-32)22-29(30)24-36-15-12-28(13-16-36)21-27-9-5-2-6-10-27/h1-10,22-23,28H,11-21,24-25H2,(H,34,38). The van der Waals surface area contributed by atoms with Gasteiger partial charge in [0.2, 0.25) is 6.79 Å². The van der Waals surface area contributed by atoms with Gasteiger partial charge in [-0.3, -0.25) is 9.80 Å². The number of rotatable bonds is 8. The second-order valence-electron chi connectivity index (χ2n) is 11.3. The summed E-state index contributed by atoms with van der Waals surface area (Å²) < 4.78 is 11.3. The van der Waals surface area contributed by atoms with E-state index in [2.05, 4.69) is 81.8 Å². The predicted molar refractivity (Wildman–Crippen MR) is 158 cm³/mol. The van der Waals surface area contributed by atoms with E-state index in [-0.39, 0.29) is 12.8 Å². The van der Waals surface area contributed by atoms with Crippen LogP contribution in [0.3, 0.4) is 0 Å². The van der Waals surface area contributed by atoms with Crippen LogP contribution in [0, 0.1) is 5.92 Å². The first-order chi connectivity index (χ1) is 19.7. The Morgan fingerprint density at radius 2 is 1.43 bits per heavy atom. The Morgan fingerprint density at radius 3 is 2.12 bits per heavy atom. The lowest BCUT2D eigenvalue weighted by atomic mass is 9.90. The largest absolute Gasteiger partial charge is 0.454 e. The third kappa shape index (κ3) is 6.77. The SMILES string of the molecule is O=C(Nc1cc2c(cc1CN1CCC(Cc3ccccc3)CC1)OCO2)N1CCN(CCc2ccccc2)CC1. The number of urea groups is 1. The second kappa shape index (κ2) is 12.7. The van der Waals surface area contributed by atoms with E-state index in [1.807, 2.05) is 11.0 Å². The molecule has 2 fully saturated rings. The first-order valence-electron chi connectivity index (χ1n) is 14.7. The van der Waals surface area contributed by atoms with Crippen LogP contribution in [0.15, 0.2) is 72.8 Å². The number of carbonyl (C=O) groups excluding carboxylic acids is 1. The second-order valence-corrected chi connectivity index (χ2v) is 11.3. The fourth-order valence-corrected chi connectivity index (χ4v) is 6.07. The van der Waals surface area contributed by atoms with Crippen molar-refractivity contribution in [2.75, 3.05) is 57.9 Å². The van der Waals surface area contributed by atoms with Crippen molar-refractivity contribution in [3.05, 3.63) is 89.5 Å². The highest BCUT2D eigenvalue weighted by molar-refractivity contribution is 5.91. The smallest absolute Gasteiger partial charge is 0.321 e. The molecule has 7 heteroatoms. The Morgan fingerprint density at radius 1 is 0.775 bits per heavy atom. The van der Waals surface area contributed by atoms with E-state index < -0.39 is 0 Å². The van der Waals surface area contributed by atoms with Crippen LogP contribution in [0.5, 0.6) is 11.5 Å². The summed E-state index contributed by atoms with van der Waals surface area (Å²) in [5.41, 5.74) is 4.70. The minimum absolute atomic E-state index is 0.0376. The summed E-state index contributed by atoms with van der Waals surface area (Å²) >= 11 is 0. The summed E-state index contributed by atoms with van der Waals surface area (Å²) in [6.45, 7) is 7.41. The molecule has 6 rings (SSSR count). The van der Waals surface area contributed by atoms with Gasteiger partial charge < -0.3 is 19.7 Å². The minimum Gasteiger partial charge on any atom is -0.454 e. The van der Waals surface area contributed by atoms with Crippen molar-refractivity contribution in [3.63, 3.8) is 0 Å². The van der Waals surface area contributed by atoms with Crippen LogP contribution in [0.1, 0.15) is 29.5 Å². The number of amides is 2.